The average molecular weight is 549 g/mol. The van der Waals surface area contributed by atoms with Crippen molar-refractivity contribution in [1.29, 1.82) is 0 Å². The van der Waals surface area contributed by atoms with Crippen molar-refractivity contribution in [3.05, 3.63) is 81.4 Å². The van der Waals surface area contributed by atoms with Crippen molar-refractivity contribution in [3.63, 3.8) is 0 Å². The zero-order chi connectivity index (χ0) is 28.5. The standard InChI is InChI=1S/C30H32N2O6S/c1-7-37-21-15-11-19(12-16-21)24(33)22-23(18-9-13-20(14-10-18)30(4,5)6)32(27(35)25(22)34)29-31-17(3)26(39-29)28(36)38-8-2/h9-16,23,33H,7-8H2,1-6H3/b24-22+. The summed E-state index contributed by atoms with van der Waals surface area (Å²) in [5.41, 5.74) is 2.30. The van der Waals surface area contributed by atoms with Crippen molar-refractivity contribution in [2.75, 3.05) is 18.1 Å². The van der Waals surface area contributed by atoms with Gasteiger partial charge in [-0.25, -0.2) is 9.78 Å². The fraction of sp³-hybridized carbons (Fsp3) is 0.333. The number of benzene rings is 2. The van der Waals surface area contributed by atoms with Crippen molar-refractivity contribution in [2.24, 2.45) is 0 Å². The van der Waals surface area contributed by atoms with Gasteiger partial charge in [0.2, 0.25) is 0 Å². The van der Waals surface area contributed by atoms with Gasteiger partial charge < -0.3 is 14.6 Å². The lowest BCUT2D eigenvalue weighted by Gasteiger charge is -2.24. The Morgan fingerprint density at radius 2 is 1.67 bits per heavy atom. The molecule has 1 aromatic heterocycles. The Morgan fingerprint density at radius 1 is 1.03 bits per heavy atom. The molecule has 1 atom stereocenters. The molecule has 0 radical (unpaired) electrons. The maximum Gasteiger partial charge on any atom is 0.350 e. The lowest BCUT2D eigenvalue weighted by Crippen LogP contribution is -2.29. The van der Waals surface area contributed by atoms with Crippen molar-refractivity contribution in [3.8, 4) is 5.75 Å². The number of thiazole rings is 1. The molecule has 39 heavy (non-hydrogen) atoms. The van der Waals surface area contributed by atoms with E-state index < -0.39 is 23.7 Å². The van der Waals surface area contributed by atoms with E-state index in [1.807, 2.05) is 31.2 Å². The van der Waals surface area contributed by atoms with Crippen molar-refractivity contribution in [1.82, 2.24) is 4.98 Å². The van der Waals surface area contributed by atoms with Gasteiger partial charge >= 0.3 is 11.9 Å². The molecule has 1 amide bonds. The van der Waals surface area contributed by atoms with E-state index in [-0.39, 0.29) is 33.4 Å². The second-order valence-corrected chi connectivity index (χ2v) is 11.1. The van der Waals surface area contributed by atoms with E-state index in [4.69, 9.17) is 9.47 Å². The highest BCUT2D eigenvalue weighted by molar-refractivity contribution is 7.17. The zero-order valence-corrected chi connectivity index (χ0v) is 23.7. The highest BCUT2D eigenvalue weighted by Crippen LogP contribution is 2.44. The number of carbonyl (C=O) groups is 3. The van der Waals surface area contributed by atoms with Crippen LogP contribution >= 0.6 is 11.3 Å². The number of hydrogen-bond donors (Lipinski definition) is 1. The lowest BCUT2D eigenvalue weighted by atomic mass is 9.85. The van der Waals surface area contributed by atoms with Gasteiger partial charge in [-0.1, -0.05) is 56.4 Å². The molecule has 0 saturated carbocycles. The minimum atomic E-state index is -0.953. The third-order valence-corrected chi connectivity index (χ3v) is 7.56. The summed E-state index contributed by atoms with van der Waals surface area (Å²) in [4.78, 5) is 45.4. The van der Waals surface area contributed by atoms with Crippen LogP contribution in [0, 0.1) is 6.92 Å². The molecule has 2 heterocycles. The highest BCUT2D eigenvalue weighted by atomic mass is 32.1. The summed E-state index contributed by atoms with van der Waals surface area (Å²) in [7, 11) is 0. The summed E-state index contributed by atoms with van der Waals surface area (Å²) in [5.74, 6) is -1.90. The SMILES string of the molecule is CCOC(=O)c1sc(N2C(=O)C(=O)/C(=C(/O)c3ccc(OCC)cc3)C2c2ccc(C(C)(C)C)cc2)nc1C. The number of anilines is 1. The van der Waals surface area contributed by atoms with E-state index in [0.29, 0.717) is 29.2 Å². The Labute approximate surface area is 231 Å². The van der Waals surface area contributed by atoms with Gasteiger partial charge in [0, 0.05) is 5.56 Å². The largest absolute Gasteiger partial charge is 0.507 e. The quantitative estimate of drug-likeness (QED) is 0.168. The third-order valence-electron chi connectivity index (χ3n) is 6.43. The topological polar surface area (TPSA) is 106 Å². The van der Waals surface area contributed by atoms with Gasteiger partial charge in [-0.05, 0) is 61.6 Å². The molecule has 3 aromatic rings. The maximum absolute atomic E-state index is 13.5. The Balaban J connectivity index is 1.88. The number of hydrogen-bond acceptors (Lipinski definition) is 8. The molecule has 0 spiro atoms. The third kappa shape index (κ3) is 5.45. The highest BCUT2D eigenvalue weighted by Gasteiger charge is 2.48. The van der Waals surface area contributed by atoms with Crippen molar-refractivity contribution < 1.29 is 29.0 Å². The molecular weight excluding hydrogens is 516 g/mol. The molecule has 1 aliphatic rings. The first kappa shape index (κ1) is 28.0. The van der Waals surface area contributed by atoms with Gasteiger partial charge in [0.05, 0.1) is 30.5 Å². The van der Waals surface area contributed by atoms with Crippen LogP contribution in [0.3, 0.4) is 0 Å². The molecular formula is C30H32N2O6S. The number of ketones is 1. The normalized spacial score (nSPS) is 17.0. The minimum absolute atomic E-state index is 0.0572. The first-order valence-corrected chi connectivity index (χ1v) is 13.6. The number of aliphatic hydroxyl groups excluding tert-OH is 1. The van der Waals surface area contributed by atoms with Crippen molar-refractivity contribution in [2.45, 2.75) is 53.0 Å². The van der Waals surface area contributed by atoms with Crippen LogP contribution in [0.1, 0.15) is 72.7 Å². The fourth-order valence-electron chi connectivity index (χ4n) is 4.41. The Morgan fingerprint density at radius 3 is 2.23 bits per heavy atom. The van der Waals surface area contributed by atoms with E-state index in [1.165, 1.54) is 4.90 Å². The van der Waals surface area contributed by atoms with Gasteiger partial charge in [-0.3, -0.25) is 14.5 Å². The van der Waals surface area contributed by atoms with Crippen LogP contribution in [0.25, 0.3) is 5.76 Å². The first-order chi connectivity index (χ1) is 18.5. The number of Topliss-reactive ketones (excluding diaryl/α,β-unsaturated/α-hetero) is 1. The second-order valence-electron chi connectivity index (χ2n) is 10.1. The number of aliphatic hydroxyl groups is 1. The fourth-order valence-corrected chi connectivity index (χ4v) is 5.40. The Hall–Kier alpha value is -3.98. The molecule has 0 bridgehead atoms. The molecule has 204 valence electrons. The monoisotopic (exact) mass is 548 g/mol. The molecule has 1 N–H and O–H groups in total. The predicted molar refractivity (Wildman–Crippen MR) is 150 cm³/mol. The molecule has 0 aliphatic carbocycles. The maximum atomic E-state index is 13.5. The minimum Gasteiger partial charge on any atom is -0.507 e. The zero-order valence-electron chi connectivity index (χ0n) is 22.9. The van der Waals surface area contributed by atoms with E-state index in [1.54, 1.807) is 38.1 Å². The summed E-state index contributed by atoms with van der Waals surface area (Å²) in [6.45, 7) is 12.2. The summed E-state index contributed by atoms with van der Waals surface area (Å²) in [6, 6.07) is 13.3. The van der Waals surface area contributed by atoms with Gasteiger partial charge in [0.25, 0.3) is 5.78 Å². The van der Waals surface area contributed by atoms with Crippen LogP contribution in [0.5, 0.6) is 5.75 Å². The van der Waals surface area contributed by atoms with E-state index in [0.717, 1.165) is 16.9 Å². The predicted octanol–water partition coefficient (Wildman–Crippen LogP) is 5.95. The van der Waals surface area contributed by atoms with E-state index in [2.05, 4.69) is 25.8 Å². The van der Waals surface area contributed by atoms with Crippen LogP contribution in [0.4, 0.5) is 5.13 Å². The first-order valence-electron chi connectivity index (χ1n) is 12.8. The smallest absolute Gasteiger partial charge is 0.350 e. The molecule has 1 fully saturated rings. The molecule has 2 aromatic carbocycles. The Bertz CT molecular complexity index is 1430. The molecule has 8 nitrogen and oxygen atoms in total. The van der Waals surface area contributed by atoms with Gasteiger partial charge in [-0.2, -0.15) is 0 Å². The number of nitrogens with zero attached hydrogens (tertiary/aromatic N) is 2. The summed E-state index contributed by atoms with van der Waals surface area (Å²) in [6.07, 6.45) is 0. The van der Waals surface area contributed by atoms with Crippen LogP contribution in [-0.2, 0) is 19.7 Å². The lowest BCUT2D eigenvalue weighted by molar-refractivity contribution is -0.132. The number of aryl methyl sites for hydroxylation is 1. The number of aromatic nitrogens is 1. The average Bonchev–Trinajstić information content (AvgIpc) is 3.40. The van der Waals surface area contributed by atoms with E-state index >= 15 is 0 Å². The number of esters is 1. The summed E-state index contributed by atoms with van der Waals surface area (Å²) >= 11 is 0.980. The van der Waals surface area contributed by atoms with Gasteiger partial charge in [-0.15, -0.1) is 0 Å². The molecule has 1 unspecified atom stereocenters. The van der Waals surface area contributed by atoms with Crippen molar-refractivity contribution >= 4 is 39.9 Å². The number of rotatable bonds is 7. The number of ether oxygens (including phenoxy) is 2. The van der Waals surface area contributed by atoms with Crippen LogP contribution in [0.2, 0.25) is 0 Å². The Kier molecular flexibility index (Phi) is 7.92. The van der Waals surface area contributed by atoms with Crippen LogP contribution < -0.4 is 9.64 Å². The number of carbonyl (C=O) groups excluding carboxylic acids is 3. The van der Waals surface area contributed by atoms with E-state index in [9.17, 15) is 19.5 Å². The second kappa shape index (κ2) is 11.0. The molecule has 1 aliphatic heterocycles. The van der Waals surface area contributed by atoms with Crippen LogP contribution in [0.15, 0.2) is 54.1 Å². The molecule has 4 rings (SSSR count). The van der Waals surface area contributed by atoms with Crippen LogP contribution in [-0.4, -0.2) is 41.0 Å². The van der Waals surface area contributed by atoms with Gasteiger partial charge in [0.15, 0.2) is 5.13 Å². The number of amides is 1. The summed E-state index contributed by atoms with van der Waals surface area (Å²) < 4.78 is 10.6. The summed E-state index contributed by atoms with van der Waals surface area (Å²) in [5, 5.41) is 11.5. The molecule has 1 saturated heterocycles. The van der Waals surface area contributed by atoms with Gasteiger partial charge in [0.1, 0.15) is 16.4 Å². The molecule has 9 heteroatoms.